The van der Waals surface area contributed by atoms with Gasteiger partial charge in [0.2, 0.25) is 0 Å². The van der Waals surface area contributed by atoms with Gasteiger partial charge in [0.05, 0.1) is 7.11 Å². The number of methoxy groups -OCH3 is 1. The summed E-state index contributed by atoms with van der Waals surface area (Å²) in [6, 6.07) is 11.5. The predicted octanol–water partition coefficient (Wildman–Crippen LogP) is 1.82. The number of ether oxygens (including phenoxy) is 1. The molecule has 2 aromatic rings. The molecule has 0 fully saturated rings. The summed E-state index contributed by atoms with van der Waals surface area (Å²) in [6.07, 6.45) is 1.63. The summed E-state index contributed by atoms with van der Waals surface area (Å²) in [7, 11) is 3.61. The molecule has 110 valence electrons. The number of hydrogen-bond acceptors (Lipinski definition) is 5. The zero-order valence-electron chi connectivity index (χ0n) is 12.0. The van der Waals surface area contributed by atoms with Crippen molar-refractivity contribution < 1.29 is 9.94 Å². The van der Waals surface area contributed by atoms with Crippen molar-refractivity contribution in [1.29, 1.82) is 0 Å². The molecule has 0 aliphatic heterocycles. The minimum absolute atomic E-state index is 0.0115. The van der Waals surface area contributed by atoms with E-state index in [0.717, 1.165) is 17.0 Å². The van der Waals surface area contributed by atoms with Crippen molar-refractivity contribution in [1.82, 2.24) is 4.98 Å². The number of anilines is 1. The highest BCUT2D eigenvalue weighted by Crippen LogP contribution is 2.22. The lowest BCUT2D eigenvalue weighted by Crippen LogP contribution is -2.19. The lowest BCUT2D eigenvalue weighted by molar-refractivity contribution is 0.318. The summed E-state index contributed by atoms with van der Waals surface area (Å²) in [5.74, 6) is 0.831. The molecule has 0 aliphatic carbocycles. The van der Waals surface area contributed by atoms with Crippen LogP contribution in [0, 0.1) is 0 Å². The third-order valence-corrected chi connectivity index (χ3v) is 3.15. The number of hydrogen-bond donors (Lipinski definition) is 2. The average Bonchev–Trinajstić information content (AvgIpc) is 2.54. The summed E-state index contributed by atoms with van der Waals surface area (Å²) in [4.78, 5) is 6.10. The molecule has 0 saturated heterocycles. The fourth-order valence-corrected chi connectivity index (χ4v) is 2.03. The molecular formula is C15H18N4O2. The second-order valence-electron chi connectivity index (χ2n) is 4.55. The van der Waals surface area contributed by atoms with Crippen molar-refractivity contribution in [3.05, 3.63) is 53.9 Å². The van der Waals surface area contributed by atoms with Gasteiger partial charge in [-0.05, 0) is 18.2 Å². The molecule has 0 saturated carbocycles. The molecule has 1 aromatic carbocycles. The van der Waals surface area contributed by atoms with Crippen LogP contribution in [0.2, 0.25) is 0 Å². The first-order valence-corrected chi connectivity index (χ1v) is 6.42. The largest absolute Gasteiger partial charge is 0.496 e. The monoisotopic (exact) mass is 286 g/mol. The smallest absolute Gasteiger partial charge is 0.188 e. The zero-order chi connectivity index (χ0) is 15.2. The molecule has 3 N–H and O–H groups in total. The normalized spacial score (nSPS) is 11.2. The van der Waals surface area contributed by atoms with E-state index in [1.807, 2.05) is 42.3 Å². The Morgan fingerprint density at radius 2 is 2.14 bits per heavy atom. The SMILES string of the molecule is COc1ccccc1CN(C)c1ccnc(C(N)=NO)c1. The summed E-state index contributed by atoms with van der Waals surface area (Å²) >= 11 is 0. The van der Waals surface area contributed by atoms with E-state index < -0.39 is 0 Å². The Labute approximate surface area is 123 Å². The molecule has 6 heteroatoms. The van der Waals surface area contributed by atoms with E-state index >= 15 is 0 Å². The molecule has 1 heterocycles. The fraction of sp³-hybridized carbons (Fsp3) is 0.200. The first kappa shape index (κ1) is 14.6. The first-order chi connectivity index (χ1) is 10.2. The summed E-state index contributed by atoms with van der Waals surface area (Å²) in [5.41, 5.74) is 7.98. The summed E-state index contributed by atoms with van der Waals surface area (Å²) < 4.78 is 5.35. The van der Waals surface area contributed by atoms with Crippen LogP contribution in [0.3, 0.4) is 0 Å². The maximum Gasteiger partial charge on any atom is 0.188 e. The van der Waals surface area contributed by atoms with E-state index in [1.165, 1.54) is 0 Å². The van der Waals surface area contributed by atoms with Crippen LogP contribution in [0.4, 0.5) is 5.69 Å². The van der Waals surface area contributed by atoms with E-state index in [9.17, 15) is 0 Å². The van der Waals surface area contributed by atoms with Crippen LogP contribution in [0.1, 0.15) is 11.3 Å². The van der Waals surface area contributed by atoms with Gasteiger partial charge in [0.25, 0.3) is 0 Å². The molecule has 0 radical (unpaired) electrons. The Bertz CT molecular complexity index is 643. The van der Waals surface area contributed by atoms with Crippen molar-refractivity contribution in [3.63, 3.8) is 0 Å². The third-order valence-electron chi connectivity index (χ3n) is 3.15. The Morgan fingerprint density at radius 1 is 1.38 bits per heavy atom. The molecule has 21 heavy (non-hydrogen) atoms. The van der Waals surface area contributed by atoms with Gasteiger partial charge in [-0.1, -0.05) is 23.4 Å². The van der Waals surface area contributed by atoms with Gasteiger partial charge < -0.3 is 20.6 Å². The first-order valence-electron chi connectivity index (χ1n) is 6.42. The number of para-hydroxylation sites is 1. The second-order valence-corrected chi connectivity index (χ2v) is 4.55. The van der Waals surface area contributed by atoms with Crippen LogP contribution >= 0.6 is 0 Å². The van der Waals surface area contributed by atoms with Gasteiger partial charge >= 0.3 is 0 Å². The highest BCUT2D eigenvalue weighted by molar-refractivity contribution is 5.95. The molecule has 1 aromatic heterocycles. The second kappa shape index (κ2) is 6.60. The lowest BCUT2D eigenvalue weighted by Gasteiger charge is -2.21. The van der Waals surface area contributed by atoms with Gasteiger partial charge in [-0.25, -0.2) is 0 Å². The summed E-state index contributed by atoms with van der Waals surface area (Å²) in [6.45, 7) is 0.670. The minimum Gasteiger partial charge on any atom is -0.496 e. The Morgan fingerprint density at radius 3 is 2.86 bits per heavy atom. The topological polar surface area (TPSA) is 84.0 Å². The number of nitrogens with two attached hydrogens (primary N) is 1. The maximum atomic E-state index is 8.71. The average molecular weight is 286 g/mol. The summed E-state index contributed by atoms with van der Waals surface area (Å²) in [5, 5.41) is 11.7. The maximum absolute atomic E-state index is 8.71. The predicted molar refractivity (Wildman–Crippen MR) is 81.8 cm³/mol. The van der Waals surface area contributed by atoms with Crippen molar-refractivity contribution >= 4 is 11.5 Å². The Kier molecular flexibility index (Phi) is 4.61. The van der Waals surface area contributed by atoms with E-state index in [4.69, 9.17) is 15.7 Å². The van der Waals surface area contributed by atoms with Crippen molar-refractivity contribution in [2.75, 3.05) is 19.1 Å². The Hall–Kier alpha value is -2.76. The molecule has 2 rings (SSSR count). The minimum atomic E-state index is -0.0115. The number of benzene rings is 1. The van der Waals surface area contributed by atoms with E-state index in [2.05, 4.69) is 10.1 Å². The van der Waals surface area contributed by atoms with E-state index in [1.54, 1.807) is 19.4 Å². The van der Waals surface area contributed by atoms with Gasteiger partial charge in [0.15, 0.2) is 5.84 Å². The molecule has 0 atom stereocenters. The third kappa shape index (κ3) is 3.42. The molecule has 0 amide bonds. The number of amidine groups is 1. The molecular weight excluding hydrogens is 268 g/mol. The number of nitrogens with zero attached hydrogens (tertiary/aromatic N) is 3. The quantitative estimate of drug-likeness (QED) is 0.379. The van der Waals surface area contributed by atoms with Gasteiger partial charge in [-0.3, -0.25) is 4.98 Å². The zero-order valence-corrected chi connectivity index (χ0v) is 12.0. The highest BCUT2D eigenvalue weighted by Gasteiger charge is 2.09. The van der Waals surface area contributed by atoms with Gasteiger partial charge in [-0.15, -0.1) is 0 Å². The number of rotatable bonds is 5. The van der Waals surface area contributed by atoms with Crippen LogP contribution in [-0.2, 0) is 6.54 Å². The molecule has 6 nitrogen and oxygen atoms in total. The molecule has 0 aliphatic rings. The number of aromatic nitrogens is 1. The van der Waals surface area contributed by atoms with Crippen molar-refractivity contribution in [2.24, 2.45) is 10.9 Å². The Balaban J connectivity index is 2.22. The standard InChI is InChI=1S/C15H18N4O2/c1-19(10-11-5-3-4-6-14(11)21-2)12-7-8-17-13(9-12)15(16)18-20/h3-9,20H,10H2,1-2H3,(H2,16,18). The van der Waals surface area contributed by atoms with Crippen molar-refractivity contribution in [3.8, 4) is 5.75 Å². The van der Waals surface area contributed by atoms with Crippen LogP contribution < -0.4 is 15.4 Å². The highest BCUT2D eigenvalue weighted by atomic mass is 16.5. The van der Waals surface area contributed by atoms with Crippen LogP contribution in [0.5, 0.6) is 5.75 Å². The number of pyridine rings is 1. The molecule has 0 unspecified atom stereocenters. The molecule has 0 bridgehead atoms. The van der Waals surface area contributed by atoms with E-state index in [-0.39, 0.29) is 5.84 Å². The van der Waals surface area contributed by atoms with Crippen LogP contribution in [0.25, 0.3) is 0 Å². The number of oxime groups is 1. The van der Waals surface area contributed by atoms with Crippen LogP contribution in [-0.4, -0.2) is 30.2 Å². The molecule has 0 spiro atoms. The van der Waals surface area contributed by atoms with Gasteiger partial charge in [-0.2, -0.15) is 0 Å². The van der Waals surface area contributed by atoms with Crippen molar-refractivity contribution in [2.45, 2.75) is 6.54 Å². The van der Waals surface area contributed by atoms with Gasteiger partial charge in [0, 0.05) is 31.0 Å². The van der Waals surface area contributed by atoms with E-state index in [0.29, 0.717) is 12.2 Å². The fourth-order valence-electron chi connectivity index (χ4n) is 2.03. The van der Waals surface area contributed by atoms with Crippen LogP contribution in [0.15, 0.2) is 47.8 Å². The lowest BCUT2D eigenvalue weighted by atomic mass is 10.2. The van der Waals surface area contributed by atoms with Gasteiger partial charge in [0.1, 0.15) is 11.4 Å².